The standard InChI is InChI=1S/C14H27NO/c1-3-11-15(12-4-2)14(16)10-9-13-7-5-6-8-13/h13H,3-12H2,1-2H3. The first-order valence-corrected chi connectivity index (χ1v) is 7.05. The van der Waals surface area contributed by atoms with E-state index in [0.29, 0.717) is 5.91 Å². The lowest BCUT2D eigenvalue weighted by Crippen LogP contribution is -2.32. The molecule has 0 unspecified atom stereocenters. The Morgan fingerprint density at radius 3 is 2.19 bits per heavy atom. The van der Waals surface area contributed by atoms with Gasteiger partial charge < -0.3 is 4.90 Å². The molecule has 1 rings (SSSR count). The Morgan fingerprint density at radius 1 is 1.12 bits per heavy atom. The third kappa shape index (κ3) is 4.54. The second-order valence-electron chi connectivity index (χ2n) is 5.07. The molecule has 94 valence electrons. The highest BCUT2D eigenvalue weighted by Crippen LogP contribution is 2.28. The molecule has 1 amide bonds. The summed E-state index contributed by atoms with van der Waals surface area (Å²) < 4.78 is 0. The van der Waals surface area contributed by atoms with Gasteiger partial charge in [0.05, 0.1) is 0 Å². The molecule has 0 bridgehead atoms. The van der Waals surface area contributed by atoms with Crippen LogP contribution in [0.15, 0.2) is 0 Å². The maximum atomic E-state index is 12.0. The van der Waals surface area contributed by atoms with Crippen molar-refractivity contribution >= 4 is 5.91 Å². The van der Waals surface area contributed by atoms with E-state index in [9.17, 15) is 4.79 Å². The highest BCUT2D eigenvalue weighted by Gasteiger charge is 2.18. The van der Waals surface area contributed by atoms with Gasteiger partial charge in [0.25, 0.3) is 0 Å². The van der Waals surface area contributed by atoms with Crippen molar-refractivity contribution in [3.8, 4) is 0 Å². The van der Waals surface area contributed by atoms with E-state index < -0.39 is 0 Å². The fourth-order valence-corrected chi connectivity index (χ4v) is 2.69. The fourth-order valence-electron chi connectivity index (χ4n) is 2.69. The van der Waals surface area contributed by atoms with Crippen LogP contribution in [0.2, 0.25) is 0 Å². The van der Waals surface area contributed by atoms with Gasteiger partial charge in [-0.3, -0.25) is 4.79 Å². The minimum Gasteiger partial charge on any atom is -0.343 e. The summed E-state index contributed by atoms with van der Waals surface area (Å²) in [5.41, 5.74) is 0. The van der Waals surface area contributed by atoms with Crippen LogP contribution in [-0.2, 0) is 4.79 Å². The van der Waals surface area contributed by atoms with E-state index in [1.165, 1.54) is 25.7 Å². The summed E-state index contributed by atoms with van der Waals surface area (Å²) in [5.74, 6) is 1.23. The van der Waals surface area contributed by atoms with E-state index in [1.54, 1.807) is 0 Å². The van der Waals surface area contributed by atoms with E-state index in [4.69, 9.17) is 0 Å². The molecule has 2 nitrogen and oxygen atoms in total. The second kappa shape index (κ2) is 7.70. The molecule has 0 radical (unpaired) electrons. The number of rotatable bonds is 7. The summed E-state index contributed by atoms with van der Waals surface area (Å²) in [5, 5.41) is 0. The summed E-state index contributed by atoms with van der Waals surface area (Å²) >= 11 is 0. The number of amides is 1. The average molecular weight is 225 g/mol. The largest absolute Gasteiger partial charge is 0.343 e. The van der Waals surface area contributed by atoms with Gasteiger partial charge in [0.1, 0.15) is 0 Å². The topological polar surface area (TPSA) is 20.3 Å². The predicted molar refractivity (Wildman–Crippen MR) is 68.4 cm³/mol. The van der Waals surface area contributed by atoms with Gasteiger partial charge in [-0.1, -0.05) is 39.5 Å². The highest BCUT2D eigenvalue weighted by atomic mass is 16.2. The van der Waals surface area contributed by atoms with E-state index in [0.717, 1.165) is 44.7 Å². The highest BCUT2D eigenvalue weighted by molar-refractivity contribution is 5.76. The molecule has 0 N–H and O–H groups in total. The van der Waals surface area contributed by atoms with Crippen LogP contribution < -0.4 is 0 Å². The van der Waals surface area contributed by atoms with Crippen molar-refractivity contribution < 1.29 is 4.79 Å². The molecule has 1 fully saturated rings. The Morgan fingerprint density at radius 2 is 1.69 bits per heavy atom. The molecule has 2 heteroatoms. The lowest BCUT2D eigenvalue weighted by molar-refractivity contribution is -0.131. The molecule has 0 spiro atoms. The molecule has 1 saturated carbocycles. The molecule has 1 aliphatic rings. The van der Waals surface area contributed by atoms with Crippen LogP contribution in [0.3, 0.4) is 0 Å². The molecule has 0 saturated heterocycles. The van der Waals surface area contributed by atoms with Crippen LogP contribution in [-0.4, -0.2) is 23.9 Å². The summed E-state index contributed by atoms with van der Waals surface area (Å²) in [4.78, 5) is 14.1. The minimum absolute atomic E-state index is 0.385. The number of nitrogens with zero attached hydrogens (tertiary/aromatic N) is 1. The van der Waals surface area contributed by atoms with Gasteiger partial charge in [0, 0.05) is 19.5 Å². The Balaban J connectivity index is 2.24. The summed E-state index contributed by atoms with van der Waals surface area (Å²) in [6.07, 6.45) is 9.54. The molecule has 0 aromatic rings. The van der Waals surface area contributed by atoms with Gasteiger partial charge in [-0.25, -0.2) is 0 Å². The van der Waals surface area contributed by atoms with Gasteiger partial charge in [-0.05, 0) is 25.2 Å². The SMILES string of the molecule is CCCN(CCC)C(=O)CCC1CCCC1. The van der Waals surface area contributed by atoms with Crippen molar-refractivity contribution in [3.63, 3.8) is 0 Å². The Hall–Kier alpha value is -0.530. The molecule has 1 aliphatic carbocycles. The maximum absolute atomic E-state index is 12.0. The first-order chi connectivity index (χ1) is 7.77. The predicted octanol–water partition coefficient (Wildman–Crippen LogP) is 3.61. The number of carbonyl (C=O) groups is 1. The van der Waals surface area contributed by atoms with E-state index in [-0.39, 0.29) is 0 Å². The Bertz CT molecular complexity index is 191. The third-order valence-electron chi connectivity index (χ3n) is 3.58. The molecule has 0 heterocycles. The lowest BCUT2D eigenvalue weighted by atomic mass is 10.0. The zero-order chi connectivity index (χ0) is 11.8. The molecule has 0 aliphatic heterocycles. The molecular formula is C14H27NO. The van der Waals surface area contributed by atoms with Crippen molar-refractivity contribution in [2.24, 2.45) is 5.92 Å². The van der Waals surface area contributed by atoms with Gasteiger partial charge in [0.2, 0.25) is 5.91 Å². The van der Waals surface area contributed by atoms with Crippen molar-refractivity contribution in [1.82, 2.24) is 4.90 Å². The van der Waals surface area contributed by atoms with Crippen LogP contribution >= 0.6 is 0 Å². The summed E-state index contributed by atoms with van der Waals surface area (Å²) in [6, 6.07) is 0. The number of hydrogen-bond acceptors (Lipinski definition) is 1. The van der Waals surface area contributed by atoms with E-state index in [1.807, 2.05) is 0 Å². The third-order valence-corrected chi connectivity index (χ3v) is 3.58. The minimum atomic E-state index is 0.385. The van der Waals surface area contributed by atoms with Crippen molar-refractivity contribution in [1.29, 1.82) is 0 Å². The van der Waals surface area contributed by atoms with Gasteiger partial charge >= 0.3 is 0 Å². The Kier molecular flexibility index (Phi) is 6.51. The van der Waals surface area contributed by atoms with Crippen LogP contribution in [0.5, 0.6) is 0 Å². The van der Waals surface area contributed by atoms with Gasteiger partial charge in [0.15, 0.2) is 0 Å². The summed E-state index contributed by atoms with van der Waals surface area (Å²) in [7, 11) is 0. The van der Waals surface area contributed by atoms with Crippen LogP contribution in [0.25, 0.3) is 0 Å². The zero-order valence-corrected chi connectivity index (χ0v) is 11.0. The van der Waals surface area contributed by atoms with E-state index >= 15 is 0 Å². The first-order valence-electron chi connectivity index (χ1n) is 7.05. The molecule has 16 heavy (non-hydrogen) atoms. The average Bonchev–Trinajstić information content (AvgIpc) is 2.78. The van der Waals surface area contributed by atoms with Crippen molar-refractivity contribution in [2.75, 3.05) is 13.1 Å². The quantitative estimate of drug-likeness (QED) is 0.648. The van der Waals surface area contributed by atoms with Crippen LogP contribution in [0, 0.1) is 5.92 Å². The van der Waals surface area contributed by atoms with E-state index in [2.05, 4.69) is 18.7 Å². The Labute approximate surface area is 100 Å². The van der Waals surface area contributed by atoms with Crippen LogP contribution in [0.4, 0.5) is 0 Å². The van der Waals surface area contributed by atoms with Crippen LogP contribution in [0.1, 0.15) is 65.2 Å². The summed E-state index contributed by atoms with van der Waals surface area (Å²) in [6.45, 7) is 6.18. The smallest absolute Gasteiger partial charge is 0.222 e. The van der Waals surface area contributed by atoms with Gasteiger partial charge in [-0.2, -0.15) is 0 Å². The maximum Gasteiger partial charge on any atom is 0.222 e. The normalized spacial score (nSPS) is 16.6. The second-order valence-corrected chi connectivity index (χ2v) is 5.07. The number of carbonyl (C=O) groups excluding carboxylic acids is 1. The molecule has 0 aromatic heterocycles. The molecule has 0 aromatic carbocycles. The first kappa shape index (κ1) is 13.5. The monoisotopic (exact) mass is 225 g/mol. The molecule has 0 atom stereocenters. The molecular weight excluding hydrogens is 198 g/mol. The lowest BCUT2D eigenvalue weighted by Gasteiger charge is -2.22. The fraction of sp³-hybridized carbons (Fsp3) is 0.929. The van der Waals surface area contributed by atoms with Crippen molar-refractivity contribution in [3.05, 3.63) is 0 Å². The number of hydrogen-bond donors (Lipinski definition) is 0. The zero-order valence-electron chi connectivity index (χ0n) is 11.0. The van der Waals surface area contributed by atoms with Gasteiger partial charge in [-0.15, -0.1) is 0 Å². The van der Waals surface area contributed by atoms with Crippen molar-refractivity contribution in [2.45, 2.75) is 65.2 Å².